The fourth-order valence-corrected chi connectivity index (χ4v) is 3.72. The lowest BCUT2D eigenvalue weighted by Crippen LogP contribution is -2.26. The van der Waals surface area contributed by atoms with Crippen LogP contribution >= 0.6 is 27.7 Å². The minimum absolute atomic E-state index is 0.129. The average Bonchev–Trinajstić information content (AvgIpc) is 2.24. The predicted molar refractivity (Wildman–Crippen MR) is 68.3 cm³/mol. The first-order valence-electron chi connectivity index (χ1n) is 5.36. The van der Waals surface area contributed by atoms with Crippen molar-refractivity contribution < 1.29 is 5.11 Å². The van der Waals surface area contributed by atoms with Crippen molar-refractivity contribution in [2.24, 2.45) is 0 Å². The first-order chi connectivity index (χ1) is 7.27. The molecule has 1 aromatic carbocycles. The molecule has 1 aliphatic carbocycles. The number of hydrogen-bond acceptors (Lipinski definition) is 2. The second kappa shape index (κ2) is 5.37. The van der Waals surface area contributed by atoms with Crippen molar-refractivity contribution in [1.29, 1.82) is 0 Å². The van der Waals surface area contributed by atoms with Crippen molar-refractivity contribution >= 4 is 27.7 Å². The van der Waals surface area contributed by atoms with Crippen molar-refractivity contribution in [3.05, 3.63) is 28.7 Å². The number of rotatable bonds is 2. The topological polar surface area (TPSA) is 20.2 Å². The summed E-state index contributed by atoms with van der Waals surface area (Å²) < 4.78 is 1.13. The highest BCUT2D eigenvalue weighted by atomic mass is 79.9. The Balaban J connectivity index is 2.04. The molecule has 0 unspecified atom stereocenters. The molecular weight excluding hydrogens is 272 g/mol. The van der Waals surface area contributed by atoms with E-state index in [9.17, 15) is 5.11 Å². The van der Waals surface area contributed by atoms with Crippen LogP contribution in [0, 0.1) is 0 Å². The second-order valence-corrected chi connectivity index (χ2v) is 6.07. The molecule has 0 aliphatic heterocycles. The van der Waals surface area contributed by atoms with Gasteiger partial charge in [0.05, 0.1) is 6.10 Å². The van der Waals surface area contributed by atoms with Crippen molar-refractivity contribution in [2.45, 2.75) is 41.9 Å². The van der Waals surface area contributed by atoms with Crippen molar-refractivity contribution in [2.75, 3.05) is 0 Å². The van der Waals surface area contributed by atoms with Crippen LogP contribution in [-0.4, -0.2) is 16.5 Å². The Bertz CT molecular complexity index is 329. The van der Waals surface area contributed by atoms with Crippen molar-refractivity contribution in [3.8, 4) is 0 Å². The molecule has 82 valence electrons. The molecule has 0 aromatic heterocycles. The molecule has 15 heavy (non-hydrogen) atoms. The Labute approximate surface area is 103 Å². The Morgan fingerprint density at radius 1 is 1.20 bits per heavy atom. The summed E-state index contributed by atoms with van der Waals surface area (Å²) in [5, 5.41) is 10.3. The fourth-order valence-electron chi connectivity index (χ4n) is 1.92. The molecule has 1 aliphatic rings. The van der Waals surface area contributed by atoms with E-state index in [4.69, 9.17) is 0 Å². The first-order valence-corrected chi connectivity index (χ1v) is 7.04. The number of hydrogen-bond donors (Lipinski definition) is 1. The van der Waals surface area contributed by atoms with Gasteiger partial charge < -0.3 is 5.11 Å². The van der Waals surface area contributed by atoms with E-state index in [1.807, 2.05) is 12.1 Å². The number of halogens is 1. The lowest BCUT2D eigenvalue weighted by atomic mass is 9.97. The molecule has 2 atom stereocenters. The van der Waals surface area contributed by atoms with E-state index in [0.717, 1.165) is 17.3 Å². The molecule has 1 saturated carbocycles. The van der Waals surface area contributed by atoms with Crippen LogP contribution in [0.25, 0.3) is 0 Å². The highest BCUT2D eigenvalue weighted by molar-refractivity contribution is 9.10. The van der Waals surface area contributed by atoms with Gasteiger partial charge in [0.25, 0.3) is 0 Å². The molecule has 0 bridgehead atoms. The van der Waals surface area contributed by atoms with Gasteiger partial charge in [-0.1, -0.05) is 25.0 Å². The van der Waals surface area contributed by atoms with E-state index in [1.165, 1.54) is 17.7 Å². The van der Waals surface area contributed by atoms with Crippen molar-refractivity contribution in [1.82, 2.24) is 0 Å². The Morgan fingerprint density at radius 2 is 1.93 bits per heavy atom. The van der Waals surface area contributed by atoms with E-state index in [-0.39, 0.29) is 6.10 Å². The monoisotopic (exact) mass is 286 g/mol. The van der Waals surface area contributed by atoms with E-state index in [2.05, 4.69) is 28.1 Å². The Hall–Kier alpha value is 0.01000. The SMILES string of the molecule is O[C@@H]1CCCC[C@H]1Sc1ccccc1Br. The van der Waals surface area contributed by atoms with Gasteiger partial charge >= 0.3 is 0 Å². The van der Waals surface area contributed by atoms with E-state index in [1.54, 1.807) is 11.8 Å². The quantitative estimate of drug-likeness (QED) is 0.891. The summed E-state index contributed by atoms with van der Waals surface area (Å²) >= 11 is 5.34. The molecule has 1 N–H and O–H groups in total. The summed E-state index contributed by atoms with van der Waals surface area (Å²) in [5.74, 6) is 0. The predicted octanol–water partition coefficient (Wildman–Crippen LogP) is 3.84. The summed E-state index contributed by atoms with van der Waals surface area (Å²) in [6.45, 7) is 0. The molecule has 3 heteroatoms. The molecular formula is C12H15BrOS. The third kappa shape index (κ3) is 2.99. The Kier molecular flexibility index (Phi) is 4.12. The highest BCUT2D eigenvalue weighted by Gasteiger charge is 2.24. The van der Waals surface area contributed by atoms with Gasteiger partial charge in [-0.15, -0.1) is 11.8 Å². The van der Waals surface area contributed by atoms with Gasteiger partial charge in [-0.3, -0.25) is 0 Å². The van der Waals surface area contributed by atoms with E-state index < -0.39 is 0 Å². The summed E-state index contributed by atoms with van der Waals surface area (Å²) in [5.41, 5.74) is 0. The first kappa shape index (κ1) is 11.5. The van der Waals surface area contributed by atoms with E-state index in [0.29, 0.717) is 5.25 Å². The maximum Gasteiger partial charge on any atom is 0.0662 e. The smallest absolute Gasteiger partial charge is 0.0662 e. The average molecular weight is 287 g/mol. The maximum absolute atomic E-state index is 9.89. The number of aliphatic hydroxyl groups is 1. The van der Waals surface area contributed by atoms with Crippen LogP contribution in [0.15, 0.2) is 33.6 Å². The summed E-state index contributed by atoms with van der Waals surface area (Å²) in [6, 6.07) is 8.22. The fraction of sp³-hybridized carbons (Fsp3) is 0.500. The molecule has 0 saturated heterocycles. The van der Waals surface area contributed by atoms with Crippen LogP contribution < -0.4 is 0 Å². The normalized spacial score (nSPS) is 26.5. The van der Waals surface area contributed by atoms with Gasteiger partial charge in [0, 0.05) is 14.6 Å². The van der Waals surface area contributed by atoms with Crippen LogP contribution in [0.5, 0.6) is 0 Å². The van der Waals surface area contributed by atoms with Gasteiger partial charge in [-0.2, -0.15) is 0 Å². The number of benzene rings is 1. The zero-order valence-electron chi connectivity index (χ0n) is 8.53. The summed E-state index contributed by atoms with van der Waals surface area (Å²) in [4.78, 5) is 1.24. The Morgan fingerprint density at radius 3 is 2.67 bits per heavy atom. The molecule has 2 rings (SSSR count). The molecule has 1 nitrogen and oxygen atoms in total. The zero-order chi connectivity index (χ0) is 10.7. The zero-order valence-corrected chi connectivity index (χ0v) is 10.9. The molecule has 0 heterocycles. The van der Waals surface area contributed by atoms with Crippen LogP contribution in [0.3, 0.4) is 0 Å². The largest absolute Gasteiger partial charge is 0.392 e. The van der Waals surface area contributed by atoms with Crippen LogP contribution in [0.2, 0.25) is 0 Å². The van der Waals surface area contributed by atoms with Crippen LogP contribution in [0.1, 0.15) is 25.7 Å². The van der Waals surface area contributed by atoms with Crippen molar-refractivity contribution in [3.63, 3.8) is 0 Å². The third-order valence-electron chi connectivity index (χ3n) is 2.78. The van der Waals surface area contributed by atoms with Gasteiger partial charge in [-0.25, -0.2) is 0 Å². The molecule has 0 amide bonds. The van der Waals surface area contributed by atoms with Gasteiger partial charge in [0.2, 0.25) is 0 Å². The highest BCUT2D eigenvalue weighted by Crippen LogP contribution is 2.37. The molecule has 1 aromatic rings. The lowest BCUT2D eigenvalue weighted by molar-refractivity contribution is 0.137. The van der Waals surface area contributed by atoms with Crippen LogP contribution in [0.4, 0.5) is 0 Å². The minimum atomic E-state index is -0.129. The lowest BCUT2D eigenvalue weighted by Gasteiger charge is -2.27. The van der Waals surface area contributed by atoms with Gasteiger partial charge in [0.1, 0.15) is 0 Å². The molecule has 0 spiro atoms. The summed E-state index contributed by atoms with van der Waals surface area (Å²) in [7, 11) is 0. The van der Waals surface area contributed by atoms with Crippen LogP contribution in [-0.2, 0) is 0 Å². The maximum atomic E-state index is 9.89. The van der Waals surface area contributed by atoms with E-state index >= 15 is 0 Å². The third-order valence-corrected chi connectivity index (χ3v) is 5.20. The summed E-state index contributed by atoms with van der Waals surface area (Å²) in [6.07, 6.45) is 4.39. The standard InChI is InChI=1S/C12H15BrOS/c13-9-5-1-3-7-11(9)15-12-8-4-2-6-10(12)14/h1,3,5,7,10,12,14H,2,4,6,8H2/t10-,12-/m1/s1. The second-order valence-electron chi connectivity index (χ2n) is 3.94. The molecule has 1 fully saturated rings. The minimum Gasteiger partial charge on any atom is -0.392 e. The van der Waals surface area contributed by atoms with Gasteiger partial charge in [-0.05, 0) is 40.9 Å². The number of aliphatic hydroxyl groups excluding tert-OH is 1. The molecule has 0 radical (unpaired) electrons. The van der Waals surface area contributed by atoms with Gasteiger partial charge in [0.15, 0.2) is 0 Å². The number of thioether (sulfide) groups is 1.